The number of sulfonamides is 1. The molecule has 1 aliphatic rings. The number of carbonyl (C=O) groups is 1. The molecule has 0 saturated carbocycles. The molecular formula is C15H19N3O5S. The Balaban J connectivity index is 1.69. The highest BCUT2D eigenvalue weighted by atomic mass is 32.2. The zero-order valence-corrected chi connectivity index (χ0v) is 14.1. The first-order valence-corrected chi connectivity index (χ1v) is 9.41. The number of hydrogen-bond acceptors (Lipinski definition) is 6. The number of aryl methyl sites for hydroxylation is 1. The van der Waals surface area contributed by atoms with Crippen LogP contribution in [0.4, 0.5) is 0 Å². The van der Waals surface area contributed by atoms with Crippen LogP contribution >= 0.6 is 0 Å². The quantitative estimate of drug-likeness (QED) is 0.800. The van der Waals surface area contributed by atoms with E-state index in [0.29, 0.717) is 36.3 Å². The molecule has 0 aliphatic heterocycles. The van der Waals surface area contributed by atoms with Crippen LogP contribution in [0.3, 0.4) is 0 Å². The monoisotopic (exact) mass is 353 g/mol. The summed E-state index contributed by atoms with van der Waals surface area (Å²) < 4.78 is 36.5. The number of amides is 1. The van der Waals surface area contributed by atoms with Crippen LogP contribution in [0.15, 0.2) is 27.3 Å². The van der Waals surface area contributed by atoms with E-state index in [-0.39, 0.29) is 29.9 Å². The summed E-state index contributed by atoms with van der Waals surface area (Å²) in [6.45, 7) is 1.84. The standard InChI is InChI=1S/C15H19N3O5S/c1-2-24(20,21)18-10-5-6-13-12(8-10)14(17-23-13)15(19)16-9-11-4-3-7-22-11/h3-4,7,10,18H,2,5-6,8-9H2,1H3,(H,16,19). The summed E-state index contributed by atoms with van der Waals surface area (Å²) in [6, 6.07) is 3.25. The van der Waals surface area contributed by atoms with Crippen LogP contribution in [0, 0.1) is 0 Å². The molecule has 9 heteroatoms. The van der Waals surface area contributed by atoms with E-state index in [1.165, 1.54) is 6.26 Å². The lowest BCUT2D eigenvalue weighted by atomic mass is 9.92. The van der Waals surface area contributed by atoms with Gasteiger partial charge in [0.05, 0.1) is 18.6 Å². The normalized spacial score (nSPS) is 17.5. The maximum Gasteiger partial charge on any atom is 0.274 e. The van der Waals surface area contributed by atoms with Crippen molar-refractivity contribution >= 4 is 15.9 Å². The largest absolute Gasteiger partial charge is 0.467 e. The second-order valence-corrected chi connectivity index (χ2v) is 7.70. The highest BCUT2D eigenvalue weighted by Crippen LogP contribution is 2.25. The van der Waals surface area contributed by atoms with Crippen molar-refractivity contribution in [3.8, 4) is 0 Å². The maximum atomic E-state index is 12.3. The number of hydrogen-bond donors (Lipinski definition) is 2. The van der Waals surface area contributed by atoms with Gasteiger partial charge in [-0.05, 0) is 31.9 Å². The van der Waals surface area contributed by atoms with Crippen LogP contribution in [-0.2, 0) is 29.4 Å². The highest BCUT2D eigenvalue weighted by Gasteiger charge is 2.30. The average molecular weight is 353 g/mol. The van der Waals surface area contributed by atoms with Crippen LogP contribution in [0.25, 0.3) is 0 Å². The van der Waals surface area contributed by atoms with E-state index in [0.717, 1.165) is 0 Å². The highest BCUT2D eigenvalue weighted by molar-refractivity contribution is 7.89. The van der Waals surface area contributed by atoms with Crippen molar-refractivity contribution in [1.82, 2.24) is 15.2 Å². The molecule has 0 spiro atoms. The van der Waals surface area contributed by atoms with Crippen molar-refractivity contribution in [3.63, 3.8) is 0 Å². The fourth-order valence-corrected chi connectivity index (χ4v) is 3.56. The number of carbonyl (C=O) groups excluding carboxylic acids is 1. The molecule has 1 atom stereocenters. The van der Waals surface area contributed by atoms with Crippen molar-refractivity contribution in [2.75, 3.05) is 5.75 Å². The van der Waals surface area contributed by atoms with Crippen LogP contribution in [0.1, 0.15) is 40.9 Å². The predicted octanol–water partition coefficient (Wildman–Crippen LogP) is 0.994. The third-order valence-electron chi connectivity index (χ3n) is 3.98. The summed E-state index contributed by atoms with van der Waals surface area (Å²) in [4.78, 5) is 12.3. The number of aromatic nitrogens is 1. The molecule has 8 nitrogen and oxygen atoms in total. The number of nitrogens with one attached hydrogen (secondary N) is 2. The van der Waals surface area contributed by atoms with Gasteiger partial charge in [-0.15, -0.1) is 0 Å². The van der Waals surface area contributed by atoms with Crippen molar-refractivity contribution in [1.29, 1.82) is 0 Å². The van der Waals surface area contributed by atoms with Crippen LogP contribution < -0.4 is 10.0 Å². The first-order valence-electron chi connectivity index (χ1n) is 7.76. The molecule has 130 valence electrons. The smallest absolute Gasteiger partial charge is 0.274 e. The average Bonchev–Trinajstić information content (AvgIpc) is 3.21. The Morgan fingerprint density at radius 1 is 1.46 bits per heavy atom. The number of fused-ring (bicyclic) bond motifs is 1. The Bertz CT molecular complexity index is 810. The SMILES string of the molecule is CCS(=O)(=O)NC1CCc2onc(C(=O)NCc3ccco3)c2C1. The van der Waals surface area contributed by atoms with Gasteiger partial charge in [-0.1, -0.05) is 5.16 Å². The van der Waals surface area contributed by atoms with Gasteiger partial charge in [0.15, 0.2) is 5.69 Å². The van der Waals surface area contributed by atoms with Gasteiger partial charge >= 0.3 is 0 Å². The topological polar surface area (TPSA) is 114 Å². The van der Waals surface area contributed by atoms with Crippen molar-refractivity contribution in [3.05, 3.63) is 41.2 Å². The van der Waals surface area contributed by atoms with E-state index in [2.05, 4.69) is 15.2 Å². The fourth-order valence-electron chi connectivity index (χ4n) is 2.68. The zero-order chi connectivity index (χ0) is 17.2. The second-order valence-electron chi connectivity index (χ2n) is 5.66. The lowest BCUT2D eigenvalue weighted by Crippen LogP contribution is -2.40. The lowest BCUT2D eigenvalue weighted by Gasteiger charge is -2.22. The summed E-state index contributed by atoms with van der Waals surface area (Å²) in [5.74, 6) is 0.936. The van der Waals surface area contributed by atoms with Gasteiger partial charge in [0, 0.05) is 18.0 Å². The third-order valence-corrected chi connectivity index (χ3v) is 5.44. The van der Waals surface area contributed by atoms with E-state index in [9.17, 15) is 13.2 Å². The molecule has 0 fully saturated rings. The van der Waals surface area contributed by atoms with Gasteiger partial charge in [-0.25, -0.2) is 13.1 Å². The van der Waals surface area contributed by atoms with Gasteiger partial charge in [-0.2, -0.15) is 0 Å². The molecule has 1 unspecified atom stereocenters. The molecule has 2 aromatic rings. The van der Waals surface area contributed by atoms with Crippen LogP contribution in [-0.4, -0.2) is 31.3 Å². The van der Waals surface area contributed by atoms with Crippen molar-refractivity contribution < 1.29 is 22.2 Å². The summed E-state index contributed by atoms with van der Waals surface area (Å²) in [5, 5.41) is 6.57. The molecule has 3 rings (SSSR count). The molecular weight excluding hydrogens is 334 g/mol. The molecule has 0 saturated heterocycles. The first-order chi connectivity index (χ1) is 11.5. The van der Waals surface area contributed by atoms with E-state index in [1.807, 2.05) is 0 Å². The molecule has 1 aliphatic carbocycles. The van der Waals surface area contributed by atoms with E-state index >= 15 is 0 Å². The maximum absolute atomic E-state index is 12.3. The van der Waals surface area contributed by atoms with Crippen molar-refractivity contribution in [2.45, 2.75) is 38.8 Å². The second kappa shape index (κ2) is 6.78. The molecule has 0 radical (unpaired) electrons. The van der Waals surface area contributed by atoms with Crippen LogP contribution in [0.5, 0.6) is 0 Å². The van der Waals surface area contributed by atoms with E-state index < -0.39 is 10.0 Å². The van der Waals surface area contributed by atoms with Gasteiger partial charge in [0.25, 0.3) is 5.91 Å². The summed E-state index contributed by atoms with van der Waals surface area (Å²) >= 11 is 0. The molecule has 1 amide bonds. The number of furan rings is 1. The Morgan fingerprint density at radius 3 is 3.00 bits per heavy atom. The van der Waals surface area contributed by atoms with E-state index in [1.54, 1.807) is 19.1 Å². The molecule has 0 bridgehead atoms. The molecule has 0 aromatic carbocycles. The Kier molecular flexibility index (Phi) is 4.72. The summed E-state index contributed by atoms with van der Waals surface area (Å²) in [7, 11) is -3.29. The Labute approximate surface area is 139 Å². The Morgan fingerprint density at radius 2 is 2.29 bits per heavy atom. The van der Waals surface area contributed by atoms with Gasteiger partial charge < -0.3 is 14.3 Å². The number of nitrogens with zero attached hydrogens (tertiary/aromatic N) is 1. The minimum absolute atomic E-state index is 0.0243. The van der Waals surface area contributed by atoms with Crippen LogP contribution in [0.2, 0.25) is 0 Å². The van der Waals surface area contributed by atoms with Crippen molar-refractivity contribution in [2.24, 2.45) is 0 Å². The van der Waals surface area contributed by atoms with Gasteiger partial charge in [-0.3, -0.25) is 4.79 Å². The number of rotatable bonds is 6. The lowest BCUT2D eigenvalue weighted by molar-refractivity contribution is 0.0938. The zero-order valence-electron chi connectivity index (χ0n) is 13.2. The molecule has 2 aromatic heterocycles. The van der Waals surface area contributed by atoms with Gasteiger partial charge in [0.1, 0.15) is 11.5 Å². The molecule has 2 N–H and O–H groups in total. The minimum atomic E-state index is -3.29. The predicted molar refractivity (Wildman–Crippen MR) is 84.8 cm³/mol. The third kappa shape index (κ3) is 3.68. The Hall–Kier alpha value is -2.13. The minimum Gasteiger partial charge on any atom is -0.467 e. The first kappa shape index (κ1) is 16.7. The fraction of sp³-hybridized carbons (Fsp3) is 0.467. The summed E-state index contributed by atoms with van der Waals surface area (Å²) in [5.41, 5.74) is 0.874. The summed E-state index contributed by atoms with van der Waals surface area (Å²) in [6.07, 6.45) is 3.09. The molecule has 24 heavy (non-hydrogen) atoms. The van der Waals surface area contributed by atoms with E-state index in [4.69, 9.17) is 8.94 Å². The molecule has 2 heterocycles. The van der Waals surface area contributed by atoms with Gasteiger partial charge in [0.2, 0.25) is 10.0 Å².